The van der Waals surface area contributed by atoms with Crippen LogP contribution in [0.1, 0.15) is 149 Å². The van der Waals surface area contributed by atoms with Crippen molar-refractivity contribution >= 4 is 8.25 Å². The van der Waals surface area contributed by atoms with Gasteiger partial charge in [0.1, 0.15) is 36.5 Å². The highest BCUT2D eigenvalue weighted by molar-refractivity contribution is 7.33. The molecule has 0 radical (unpaired) electrons. The average molecular weight is 876 g/mol. The van der Waals surface area contributed by atoms with E-state index in [0.29, 0.717) is 49.9 Å². The van der Waals surface area contributed by atoms with E-state index in [1.165, 1.54) is 86.8 Å². The number of rotatable bonds is 28. The topological polar surface area (TPSA) is 59.6 Å². The number of nitrogens with one attached hydrogen (secondary N) is 2. The minimum absolute atomic E-state index is 0.178. The predicted octanol–water partition coefficient (Wildman–Crippen LogP) is 13.8. The van der Waals surface area contributed by atoms with Gasteiger partial charge in [-0.3, -0.25) is 0 Å². The van der Waals surface area contributed by atoms with E-state index in [9.17, 15) is 22.1 Å². The van der Waals surface area contributed by atoms with Gasteiger partial charge in [0.2, 0.25) is 0 Å². The summed E-state index contributed by atoms with van der Waals surface area (Å²) in [6.07, 6.45) is 20.2. The molecule has 6 rings (SSSR count). The third-order valence-electron chi connectivity index (χ3n) is 13.5. The number of hydrogen-bond donors (Lipinski definition) is 2. The van der Waals surface area contributed by atoms with E-state index in [0.717, 1.165) is 51.4 Å². The van der Waals surface area contributed by atoms with Crippen molar-refractivity contribution < 1.29 is 31.2 Å². The van der Waals surface area contributed by atoms with Crippen molar-refractivity contribution in [3.05, 3.63) is 142 Å². The third-order valence-corrected chi connectivity index (χ3v) is 14.3. The highest BCUT2D eigenvalue weighted by Gasteiger charge is 2.35. The number of unbranched alkanes of at least 4 members (excludes halogenated alkanes) is 4. The lowest BCUT2D eigenvalue weighted by molar-refractivity contribution is 0.220. The zero-order chi connectivity index (χ0) is 43.5. The summed E-state index contributed by atoms with van der Waals surface area (Å²) in [5.41, 5.74) is 4.84. The second kappa shape index (κ2) is 25.1. The highest BCUT2D eigenvalue weighted by Crippen LogP contribution is 2.46. The Morgan fingerprint density at radius 3 is 1.26 bits per heavy atom. The van der Waals surface area contributed by atoms with Gasteiger partial charge in [-0.25, -0.2) is 17.6 Å². The fraction of sp³-hybridized carbons (Fsp3) is 0.538. The zero-order valence-corrected chi connectivity index (χ0v) is 37.5. The maximum absolute atomic E-state index is 14.9. The van der Waals surface area contributed by atoms with E-state index in [2.05, 4.69) is 71.3 Å². The van der Waals surface area contributed by atoms with Gasteiger partial charge in [0.25, 0.3) is 0 Å². The summed E-state index contributed by atoms with van der Waals surface area (Å²) >= 11 is 0. The van der Waals surface area contributed by atoms with Gasteiger partial charge >= 0.3 is 8.25 Å². The van der Waals surface area contributed by atoms with Crippen LogP contribution >= 0.6 is 8.25 Å². The first-order chi connectivity index (χ1) is 30.3. The Balaban J connectivity index is 0.769. The summed E-state index contributed by atoms with van der Waals surface area (Å²) in [5.74, 6) is -1.57. The van der Waals surface area contributed by atoms with E-state index in [1.807, 2.05) is 0 Å². The molecule has 0 unspecified atom stereocenters. The molecule has 4 aromatic rings. The molecule has 2 saturated carbocycles. The minimum atomic E-state index is -2.31. The highest BCUT2D eigenvalue weighted by atomic mass is 31.1. The van der Waals surface area contributed by atoms with E-state index >= 15 is 0 Å². The van der Waals surface area contributed by atoms with E-state index in [-0.39, 0.29) is 59.9 Å². The van der Waals surface area contributed by atoms with Crippen LogP contribution in [0.3, 0.4) is 0 Å². The van der Waals surface area contributed by atoms with Crippen molar-refractivity contribution in [2.75, 3.05) is 26.3 Å². The smallest absolute Gasteiger partial charge is 0.312 e. The number of benzene rings is 4. The molecule has 62 heavy (non-hydrogen) atoms. The molecule has 4 aromatic carbocycles. The average Bonchev–Trinajstić information content (AvgIpc) is 3.98. The van der Waals surface area contributed by atoms with Crippen LogP contribution in [-0.4, -0.2) is 26.3 Å². The molecule has 2 aliphatic rings. The van der Waals surface area contributed by atoms with Gasteiger partial charge in [0.15, 0.2) is 0 Å². The second-order valence-corrected chi connectivity index (χ2v) is 18.8. The van der Waals surface area contributed by atoms with E-state index < -0.39 is 19.9 Å². The van der Waals surface area contributed by atoms with Gasteiger partial charge < -0.3 is 10.6 Å². The lowest BCUT2D eigenvalue weighted by Gasteiger charge is -2.30. The monoisotopic (exact) mass is 875 g/mol. The van der Waals surface area contributed by atoms with Gasteiger partial charge in [-0.2, -0.15) is 0 Å². The molecule has 0 amide bonds. The molecule has 0 bridgehead atoms. The van der Waals surface area contributed by atoms with Gasteiger partial charge in [-0.1, -0.05) is 112 Å². The SMILES string of the molecule is O=[P+](OCCCNCc1cc(F)c(CCCCCC2(c3ccccc3)CCCC2)cc1F)OCCCNCc1cc(F)c(CCCCCC2(c3ccccc3)CCCC2)cc1F. The molecule has 2 aliphatic carbocycles. The van der Waals surface area contributed by atoms with Crippen LogP contribution in [0.15, 0.2) is 84.9 Å². The largest absolute Gasteiger partial charge is 0.697 e. The first kappa shape index (κ1) is 48.0. The summed E-state index contributed by atoms with van der Waals surface area (Å²) in [5, 5.41) is 6.21. The van der Waals surface area contributed by atoms with Crippen molar-refractivity contribution in [3.63, 3.8) is 0 Å². The second-order valence-electron chi connectivity index (χ2n) is 17.8. The Kier molecular flexibility index (Phi) is 19.5. The van der Waals surface area contributed by atoms with Crippen molar-refractivity contribution in [1.29, 1.82) is 0 Å². The lowest BCUT2D eigenvalue weighted by atomic mass is 9.75. The first-order valence-electron chi connectivity index (χ1n) is 23.5. The Labute approximate surface area is 369 Å². The molecular weight excluding hydrogens is 808 g/mol. The fourth-order valence-corrected chi connectivity index (χ4v) is 10.7. The van der Waals surface area contributed by atoms with Crippen LogP contribution in [0.2, 0.25) is 0 Å². The molecule has 0 aromatic heterocycles. The van der Waals surface area contributed by atoms with Gasteiger partial charge in [0, 0.05) is 28.8 Å². The Morgan fingerprint density at radius 1 is 0.484 bits per heavy atom. The molecule has 0 spiro atoms. The molecule has 2 N–H and O–H groups in total. The standard InChI is InChI=1S/C52H68F4N2O3P/c53-47-37-43(49(55)35-41(47)19-5-3-11-25-51(27-13-14-28-51)45-21-7-1-8-22-45)39-57-31-17-33-60-62(59)61-34-18-32-58-40-44-38-48(54)42(36-50(44)56)20-6-4-12-26-52(29-15-16-30-52)46-23-9-2-10-24-46/h1-2,7-10,21-24,35-38,57-58H,3-6,11-20,25-34,39-40H2/q+1. The summed E-state index contributed by atoms with van der Waals surface area (Å²) in [6, 6.07) is 26.9. The molecular formula is C52H68F4N2O3P+. The van der Waals surface area contributed by atoms with Crippen LogP contribution in [-0.2, 0) is 50.4 Å². The summed E-state index contributed by atoms with van der Waals surface area (Å²) in [6.45, 7) is 1.65. The quantitative estimate of drug-likeness (QED) is 0.0338. The van der Waals surface area contributed by atoms with Crippen LogP contribution in [0.25, 0.3) is 0 Å². The van der Waals surface area contributed by atoms with Crippen molar-refractivity contribution in [1.82, 2.24) is 10.6 Å². The number of hydrogen-bond acceptors (Lipinski definition) is 5. The maximum Gasteiger partial charge on any atom is 0.697 e. The van der Waals surface area contributed by atoms with E-state index in [1.54, 1.807) is 0 Å². The summed E-state index contributed by atoms with van der Waals surface area (Å²) in [4.78, 5) is 0. The van der Waals surface area contributed by atoms with E-state index in [4.69, 9.17) is 9.05 Å². The van der Waals surface area contributed by atoms with Crippen LogP contribution in [0.5, 0.6) is 0 Å². The molecule has 5 nitrogen and oxygen atoms in total. The Hall–Kier alpha value is -3.46. The normalized spacial score (nSPS) is 15.7. The molecule has 10 heteroatoms. The summed E-state index contributed by atoms with van der Waals surface area (Å²) in [7, 11) is -2.31. The Bertz CT molecular complexity index is 1820. The summed E-state index contributed by atoms with van der Waals surface area (Å²) < 4.78 is 82.3. The Morgan fingerprint density at radius 2 is 0.855 bits per heavy atom. The number of aryl methyl sites for hydroxylation is 2. The van der Waals surface area contributed by atoms with Gasteiger partial charge in [-0.15, -0.1) is 9.05 Å². The van der Waals surface area contributed by atoms with Gasteiger partial charge in [0.05, 0.1) is 0 Å². The predicted molar refractivity (Wildman–Crippen MR) is 242 cm³/mol. The molecule has 336 valence electrons. The molecule has 2 fully saturated rings. The lowest BCUT2D eigenvalue weighted by Crippen LogP contribution is -2.21. The first-order valence-corrected chi connectivity index (χ1v) is 24.6. The zero-order valence-electron chi connectivity index (χ0n) is 36.7. The molecule has 0 saturated heterocycles. The van der Waals surface area contributed by atoms with Crippen molar-refractivity contribution in [2.24, 2.45) is 0 Å². The van der Waals surface area contributed by atoms with Crippen LogP contribution in [0.4, 0.5) is 17.6 Å². The fourth-order valence-electron chi connectivity index (χ4n) is 10.0. The van der Waals surface area contributed by atoms with Crippen LogP contribution < -0.4 is 10.6 Å². The van der Waals surface area contributed by atoms with Gasteiger partial charge in [-0.05, 0) is 147 Å². The third kappa shape index (κ3) is 14.3. The molecule has 0 heterocycles. The maximum atomic E-state index is 14.9. The molecule has 0 aliphatic heterocycles. The van der Waals surface area contributed by atoms with Crippen LogP contribution in [0, 0.1) is 23.3 Å². The molecule has 0 atom stereocenters. The number of halogens is 4. The minimum Gasteiger partial charge on any atom is -0.312 e. The van der Waals surface area contributed by atoms with Crippen molar-refractivity contribution in [2.45, 2.75) is 152 Å². The van der Waals surface area contributed by atoms with Crippen molar-refractivity contribution in [3.8, 4) is 0 Å².